The molecule has 3 N–H and O–H groups in total. The molecule has 0 bridgehead atoms. The van der Waals surface area contributed by atoms with Gasteiger partial charge in [0, 0.05) is 17.1 Å². The molecule has 0 spiro atoms. The molecular formula is C34H27Cl2F3N4O6. The van der Waals surface area contributed by atoms with Gasteiger partial charge in [-0.1, -0.05) is 59.1 Å². The van der Waals surface area contributed by atoms with E-state index < -0.39 is 75.4 Å². The van der Waals surface area contributed by atoms with Crippen LogP contribution in [0.25, 0.3) is 0 Å². The van der Waals surface area contributed by atoms with E-state index in [1.807, 2.05) is 6.08 Å². The van der Waals surface area contributed by atoms with Gasteiger partial charge in [-0.05, 0) is 60.2 Å². The van der Waals surface area contributed by atoms with Crippen molar-refractivity contribution in [3.63, 3.8) is 0 Å². The van der Waals surface area contributed by atoms with E-state index in [9.17, 15) is 32.7 Å². The molecule has 4 amide bonds. The Balaban J connectivity index is 1.41. The monoisotopic (exact) mass is 714 g/mol. The SMILES string of the molecule is O=C1NC(=O)C2C1CC=C1C2CC2C(=O)N(Nc3ncc(C(F)(F)F)cc3Cl)C(=O)C2(c2ccc(Cl)cc2)C1c1ccc(OCCO)cc1. The zero-order valence-electron chi connectivity index (χ0n) is 25.3. The van der Waals surface area contributed by atoms with Gasteiger partial charge in [-0.15, -0.1) is 0 Å². The molecule has 1 aromatic heterocycles. The Morgan fingerprint density at radius 2 is 1.73 bits per heavy atom. The lowest BCUT2D eigenvalue weighted by Crippen LogP contribution is -2.53. The van der Waals surface area contributed by atoms with E-state index >= 15 is 4.79 Å². The van der Waals surface area contributed by atoms with Crippen LogP contribution >= 0.6 is 23.2 Å². The molecule has 254 valence electrons. The summed E-state index contributed by atoms with van der Waals surface area (Å²) in [6.07, 6.45) is -2.06. The molecule has 3 aromatic rings. The van der Waals surface area contributed by atoms with Gasteiger partial charge in [0.15, 0.2) is 5.82 Å². The highest BCUT2D eigenvalue weighted by atomic mass is 35.5. The Hall–Kier alpha value is -4.46. The summed E-state index contributed by atoms with van der Waals surface area (Å²) in [6.45, 7) is -0.159. The second-order valence-corrected chi connectivity index (χ2v) is 13.3. The average Bonchev–Trinajstić information content (AvgIpc) is 3.48. The number of imide groups is 2. The van der Waals surface area contributed by atoms with Crippen molar-refractivity contribution in [2.45, 2.75) is 30.4 Å². The Bertz CT molecular complexity index is 1900. The van der Waals surface area contributed by atoms with Gasteiger partial charge in [-0.2, -0.15) is 18.2 Å². The molecule has 10 nitrogen and oxygen atoms in total. The number of hydrogen-bond acceptors (Lipinski definition) is 8. The van der Waals surface area contributed by atoms with Crippen LogP contribution in [0.15, 0.2) is 72.4 Å². The van der Waals surface area contributed by atoms with Crippen LogP contribution in [0.3, 0.4) is 0 Å². The quantitative estimate of drug-likeness (QED) is 0.229. The number of fused-ring (bicyclic) bond motifs is 4. The number of anilines is 1. The van der Waals surface area contributed by atoms with Crippen molar-refractivity contribution in [3.05, 3.63) is 99.2 Å². The van der Waals surface area contributed by atoms with E-state index in [1.165, 1.54) is 0 Å². The number of carbonyl (C=O) groups excluding carboxylic acids is 4. The lowest BCUT2D eigenvalue weighted by molar-refractivity contribution is -0.139. The van der Waals surface area contributed by atoms with Crippen LogP contribution in [0.2, 0.25) is 10.0 Å². The van der Waals surface area contributed by atoms with Gasteiger partial charge in [0.1, 0.15) is 12.4 Å². The summed E-state index contributed by atoms with van der Waals surface area (Å²) in [5.41, 5.74) is 1.58. The van der Waals surface area contributed by atoms with E-state index in [-0.39, 0.29) is 31.9 Å². The van der Waals surface area contributed by atoms with E-state index in [0.29, 0.717) is 39.7 Å². The molecule has 49 heavy (non-hydrogen) atoms. The van der Waals surface area contributed by atoms with E-state index in [1.54, 1.807) is 48.5 Å². The van der Waals surface area contributed by atoms with Crippen LogP contribution in [0, 0.1) is 23.7 Å². The van der Waals surface area contributed by atoms with Gasteiger partial charge in [0.2, 0.25) is 11.8 Å². The van der Waals surface area contributed by atoms with Crippen LogP contribution in [0.1, 0.15) is 35.4 Å². The second-order valence-electron chi connectivity index (χ2n) is 12.4. The summed E-state index contributed by atoms with van der Waals surface area (Å²) in [5.74, 6) is -6.17. The number of aromatic nitrogens is 1. The number of rotatable bonds is 7. The lowest BCUT2D eigenvalue weighted by Gasteiger charge is -2.50. The lowest BCUT2D eigenvalue weighted by atomic mass is 9.49. The number of alkyl halides is 3. The van der Waals surface area contributed by atoms with E-state index in [2.05, 4.69) is 15.7 Å². The molecule has 6 atom stereocenters. The smallest absolute Gasteiger partial charge is 0.417 e. The zero-order valence-corrected chi connectivity index (χ0v) is 26.9. The Morgan fingerprint density at radius 1 is 1.02 bits per heavy atom. The fraction of sp³-hybridized carbons (Fsp3) is 0.324. The van der Waals surface area contributed by atoms with Gasteiger partial charge in [0.25, 0.3) is 11.8 Å². The summed E-state index contributed by atoms with van der Waals surface area (Å²) < 4.78 is 45.6. The van der Waals surface area contributed by atoms with Gasteiger partial charge < -0.3 is 9.84 Å². The van der Waals surface area contributed by atoms with Crippen LogP contribution < -0.4 is 15.5 Å². The maximum Gasteiger partial charge on any atom is 0.417 e. The fourth-order valence-electron chi connectivity index (χ4n) is 7.99. The van der Waals surface area contributed by atoms with Crippen LogP contribution in [0.4, 0.5) is 19.0 Å². The number of aliphatic hydroxyl groups excluding tert-OH is 1. The topological polar surface area (TPSA) is 138 Å². The molecule has 15 heteroatoms. The number of nitrogens with zero attached hydrogens (tertiary/aromatic N) is 2. The number of aliphatic hydroxyl groups is 1. The van der Waals surface area contributed by atoms with Gasteiger partial charge in [0.05, 0.1) is 40.4 Å². The number of halogens is 5. The molecule has 4 aliphatic rings. The summed E-state index contributed by atoms with van der Waals surface area (Å²) in [6, 6.07) is 13.9. The largest absolute Gasteiger partial charge is 0.491 e. The molecule has 2 aliphatic carbocycles. The molecule has 7 rings (SSSR count). The number of nitrogens with one attached hydrogen (secondary N) is 2. The first-order chi connectivity index (χ1) is 23.4. The summed E-state index contributed by atoms with van der Waals surface area (Å²) >= 11 is 12.5. The highest BCUT2D eigenvalue weighted by molar-refractivity contribution is 6.33. The third-order valence-corrected chi connectivity index (χ3v) is 10.5. The van der Waals surface area contributed by atoms with Crippen molar-refractivity contribution < 1.29 is 42.2 Å². The third kappa shape index (κ3) is 5.26. The van der Waals surface area contributed by atoms with Crippen molar-refractivity contribution in [2.75, 3.05) is 18.6 Å². The van der Waals surface area contributed by atoms with Crippen molar-refractivity contribution in [1.82, 2.24) is 15.3 Å². The van der Waals surface area contributed by atoms with Gasteiger partial charge >= 0.3 is 6.18 Å². The Kier molecular flexibility index (Phi) is 8.19. The molecule has 3 heterocycles. The number of amides is 4. The number of pyridine rings is 1. The van der Waals surface area contributed by atoms with Crippen molar-refractivity contribution in [3.8, 4) is 5.75 Å². The van der Waals surface area contributed by atoms with Gasteiger partial charge in [-0.3, -0.25) is 29.9 Å². The van der Waals surface area contributed by atoms with Gasteiger partial charge in [-0.25, -0.2) is 4.98 Å². The number of carbonyl (C=O) groups is 4. The van der Waals surface area contributed by atoms with E-state index in [4.69, 9.17) is 27.9 Å². The number of hydrogen-bond donors (Lipinski definition) is 3. The minimum Gasteiger partial charge on any atom is -0.491 e. The fourth-order valence-corrected chi connectivity index (χ4v) is 8.32. The first-order valence-corrected chi connectivity index (χ1v) is 16.1. The molecule has 6 unspecified atom stereocenters. The predicted octanol–water partition coefficient (Wildman–Crippen LogP) is 5.05. The normalized spacial score (nSPS) is 27.7. The highest BCUT2D eigenvalue weighted by Gasteiger charge is 2.70. The summed E-state index contributed by atoms with van der Waals surface area (Å²) in [7, 11) is 0. The summed E-state index contributed by atoms with van der Waals surface area (Å²) in [5, 5.41) is 12.3. The minimum absolute atomic E-state index is 0.0153. The first-order valence-electron chi connectivity index (χ1n) is 15.4. The predicted molar refractivity (Wildman–Crippen MR) is 169 cm³/mol. The maximum atomic E-state index is 15.1. The molecule has 2 aromatic carbocycles. The zero-order chi connectivity index (χ0) is 34.8. The molecule has 1 saturated carbocycles. The number of ether oxygens (including phenoxy) is 1. The molecule has 3 fully saturated rings. The minimum atomic E-state index is -4.73. The molecular weight excluding hydrogens is 688 g/mol. The molecule has 2 saturated heterocycles. The third-order valence-electron chi connectivity index (χ3n) is 9.97. The van der Waals surface area contributed by atoms with Crippen LogP contribution in [-0.2, 0) is 30.8 Å². The van der Waals surface area contributed by atoms with Crippen molar-refractivity contribution in [1.29, 1.82) is 0 Å². The average molecular weight is 716 g/mol. The van der Waals surface area contributed by atoms with Crippen LogP contribution in [-0.4, -0.2) is 51.9 Å². The first kappa shape index (κ1) is 33.1. The van der Waals surface area contributed by atoms with E-state index in [0.717, 1.165) is 5.01 Å². The number of hydrazine groups is 1. The number of benzene rings is 2. The summed E-state index contributed by atoms with van der Waals surface area (Å²) in [4.78, 5) is 59.4. The Morgan fingerprint density at radius 3 is 2.39 bits per heavy atom. The van der Waals surface area contributed by atoms with Crippen molar-refractivity contribution in [2.24, 2.45) is 23.7 Å². The highest BCUT2D eigenvalue weighted by Crippen LogP contribution is 2.63. The molecule has 0 radical (unpaired) electrons. The van der Waals surface area contributed by atoms with Crippen molar-refractivity contribution >= 4 is 52.6 Å². The van der Waals surface area contributed by atoms with Crippen LogP contribution in [0.5, 0.6) is 5.75 Å². The Labute approximate surface area is 287 Å². The standard InChI is InChI=1S/C34H27Cl2F3N4O6/c35-19-5-3-17(4-6-19)33-24(31(47)43(32(33)48)42-28-25(36)13-18(15-40-28)34(37,38)39)14-23-21(9-10-22-26(23)30(46)41-29(22)45)27(33)16-1-7-20(8-2-16)49-12-11-44/h1-9,13,15,22-24,26-27,44H,10-12,14H2,(H,40,42)(H,41,45,46). The number of allylic oxidation sites excluding steroid dienone is 2. The second kappa shape index (κ2) is 12.1. The molecule has 2 aliphatic heterocycles. The maximum absolute atomic E-state index is 15.1.